The molecule has 2 aromatic rings. The Labute approximate surface area is 140 Å². The van der Waals surface area contributed by atoms with Gasteiger partial charge in [0, 0.05) is 5.75 Å². The second-order valence-corrected chi connectivity index (χ2v) is 6.15. The monoisotopic (exact) mass is 333 g/mol. The van der Waals surface area contributed by atoms with Crippen molar-refractivity contribution in [2.24, 2.45) is 0 Å². The van der Waals surface area contributed by atoms with Crippen LogP contribution in [0.2, 0.25) is 0 Å². The number of thioether (sulfide) groups is 1. The highest BCUT2D eigenvalue weighted by Crippen LogP contribution is 2.21. The maximum atomic E-state index is 13.6. The zero-order valence-corrected chi connectivity index (χ0v) is 14.0. The molecule has 3 nitrogen and oxygen atoms in total. The normalized spacial score (nSPS) is 11.8. The SMILES string of the molecule is COc1ccc(CSCC(=O)N[C@H](C)c2ccccc2)cc1F. The molecule has 122 valence electrons. The fourth-order valence-electron chi connectivity index (χ4n) is 2.17. The molecule has 0 saturated heterocycles. The van der Waals surface area contributed by atoms with E-state index in [9.17, 15) is 9.18 Å². The third-order valence-corrected chi connectivity index (χ3v) is 4.40. The Kier molecular flexibility index (Phi) is 6.47. The Morgan fingerprint density at radius 1 is 1.26 bits per heavy atom. The molecule has 5 heteroatoms. The molecule has 0 spiro atoms. The molecule has 0 aliphatic carbocycles. The van der Waals surface area contributed by atoms with Gasteiger partial charge in [-0.15, -0.1) is 11.8 Å². The van der Waals surface area contributed by atoms with Crippen LogP contribution in [0.5, 0.6) is 5.75 Å². The van der Waals surface area contributed by atoms with Crippen molar-refractivity contribution >= 4 is 17.7 Å². The highest BCUT2D eigenvalue weighted by atomic mass is 32.2. The van der Waals surface area contributed by atoms with Gasteiger partial charge in [-0.1, -0.05) is 36.4 Å². The maximum Gasteiger partial charge on any atom is 0.230 e. The molecule has 1 amide bonds. The van der Waals surface area contributed by atoms with Gasteiger partial charge in [0.1, 0.15) is 0 Å². The Hall–Kier alpha value is -2.01. The van der Waals surface area contributed by atoms with Gasteiger partial charge in [-0.2, -0.15) is 0 Å². The van der Waals surface area contributed by atoms with Gasteiger partial charge >= 0.3 is 0 Å². The van der Waals surface area contributed by atoms with E-state index in [-0.39, 0.29) is 23.5 Å². The van der Waals surface area contributed by atoms with Gasteiger partial charge < -0.3 is 10.1 Å². The minimum Gasteiger partial charge on any atom is -0.494 e. The van der Waals surface area contributed by atoms with Crippen molar-refractivity contribution in [3.8, 4) is 5.75 Å². The Morgan fingerprint density at radius 2 is 2.00 bits per heavy atom. The van der Waals surface area contributed by atoms with Crippen molar-refractivity contribution in [2.45, 2.75) is 18.7 Å². The minimum atomic E-state index is -0.382. The smallest absolute Gasteiger partial charge is 0.230 e. The summed E-state index contributed by atoms with van der Waals surface area (Å²) in [6.07, 6.45) is 0. The summed E-state index contributed by atoms with van der Waals surface area (Å²) in [4.78, 5) is 12.0. The zero-order chi connectivity index (χ0) is 16.7. The molecule has 0 heterocycles. The van der Waals surface area contributed by atoms with Crippen LogP contribution >= 0.6 is 11.8 Å². The van der Waals surface area contributed by atoms with E-state index < -0.39 is 0 Å². The van der Waals surface area contributed by atoms with Gasteiger partial charge in [-0.25, -0.2) is 4.39 Å². The molecular formula is C18H20FNO2S. The summed E-state index contributed by atoms with van der Waals surface area (Å²) >= 11 is 1.45. The number of hydrogen-bond donors (Lipinski definition) is 1. The first-order valence-corrected chi connectivity index (χ1v) is 8.50. The van der Waals surface area contributed by atoms with Crippen LogP contribution in [-0.2, 0) is 10.5 Å². The second-order valence-electron chi connectivity index (χ2n) is 5.16. The van der Waals surface area contributed by atoms with Crippen molar-refractivity contribution in [3.63, 3.8) is 0 Å². The van der Waals surface area contributed by atoms with E-state index in [2.05, 4.69) is 5.32 Å². The van der Waals surface area contributed by atoms with Gasteiger partial charge in [0.15, 0.2) is 11.6 Å². The van der Waals surface area contributed by atoms with Gasteiger partial charge in [0.25, 0.3) is 0 Å². The molecule has 23 heavy (non-hydrogen) atoms. The second kappa shape index (κ2) is 8.58. The van der Waals surface area contributed by atoms with Crippen molar-refractivity contribution in [1.29, 1.82) is 0 Å². The average Bonchev–Trinajstić information content (AvgIpc) is 2.56. The first-order chi connectivity index (χ1) is 11.1. The number of carbonyl (C=O) groups is 1. The Morgan fingerprint density at radius 3 is 2.65 bits per heavy atom. The van der Waals surface area contributed by atoms with E-state index in [1.54, 1.807) is 12.1 Å². The van der Waals surface area contributed by atoms with E-state index >= 15 is 0 Å². The predicted molar refractivity (Wildman–Crippen MR) is 92.1 cm³/mol. The van der Waals surface area contributed by atoms with Gasteiger partial charge in [0.05, 0.1) is 18.9 Å². The fraction of sp³-hybridized carbons (Fsp3) is 0.278. The van der Waals surface area contributed by atoms with Crippen LogP contribution in [0.25, 0.3) is 0 Å². The van der Waals surface area contributed by atoms with Crippen LogP contribution in [0, 0.1) is 5.82 Å². The molecule has 0 radical (unpaired) electrons. The highest BCUT2D eigenvalue weighted by molar-refractivity contribution is 7.99. The van der Waals surface area contributed by atoms with Crippen LogP contribution in [-0.4, -0.2) is 18.8 Å². The lowest BCUT2D eigenvalue weighted by atomic mass is 10.1. The number of benzene rings is 2. The van der Waals surface area contributed by atoms with Gasteiger partial charge in [-0.3, -0.25) is 4.79 Å². The molecule has 2 rings (SSSR count). The molecule has 0 aromatic heterocycles. The highest BCUT2D eigenvalue weighted by Gasteiger charge is 2.09. The predicted octanol–water partition coefficient (Wildman–Crippen LogP) is 3.94. The number of methoxy groups -OCH3 is 1. The Balaban J connectivity index is 1.77. The van der Waals surface area contributed by atoms with Crippen LogP contribution in [0.3, 0.4) is 0 Å². The average molecular weight is 333 g/mol. The first kappa shape index (κ1) is 17.3. The van der Waals surface area contributed by atoms with Gasteiger partial charge in [-0.05, 0) is 30.2 Å². The van der Waals surface area contributed by atoms with Crippen LogP contribution in [0.1, 0.15) is 24.1 Å². The maximum absolute atomic E-state index is 13.6. The molecule has 0 fully saturated rings. The molecular weight excluding hydrogens is 313 g/mol. The summed E-state index contributed by atoms with van der Waals surface area (Å²) < 4.78 is 18.5. The van der Waals surface area contributed by atoms with Crippen LogP contribution in [0.4, 0.5) is 4.39 Å². The van der Waals surface area contributed by atoms with Crippen molar-refractivity contribution in [1.82, 2.24) is 5.32 Å². The standard InChI is InChI=1S/C18H20FNO2S/c1-13(15-6-4-3-5-7-15)20-18(21)12-23-11-14-8-9-17(22-2)16(19)10-14/h3-10,13H,11-12H2,1-2H3,(H,20,21)/t13-/m1/s1. The fourth-order valence-corrected chi connectivity index (χ4v) is 2.96. The summed E-state index contributed by atoms with van der Waals surface area (Å²) in [7, 11) is 1.44. The third-order valence-electron chi connectivity index (χ3n) is 3.40. The number of hydrogen-bond acceptors (Lipinski definition) is 3. The topological polar surface area (TPSA) is 38.3 Å². The molecule has 2 aromatic carbocycles. The zero-order valence-electron chi connectivity index (χ0n) is 13.2. The largest absolute Gasteiger partial charge is 0.494 e. The van der Waals surface area contributed by atoms with Gasteiger partial charge in [0.2, 0.25) is 5.91 Å². The number of nitrogens with one attached hydrogen (secondary N) is 1. The van der Waals surface area contributed by atoms with Crippen molar-refractivity contribution < 1.29 is 13.9 Å². The van der Waals surface area contributed by atoms with E-state index in [0.29, 0.717) is 11.5 Å². The third kappa shape index (κ3) is 5.28. The van der Waals surface area contributed by atoms with Crippen LogP contribution < -0.4 is 10.1 Å². The molecule has 1 N–H and O–H groups in total. The summed E-state index contributed by atoms with van der Waals surface area (Å²) in [6.45, 7) is 1.96. The first-order valence-electron chi connectivity index (χ1n) is 7.34. The number of ether oxygens (including phenoxy) is 1. The molecule has 1 atom stereocenters. The lowest BCUT2D eigenvalue weighted by Gasteiger charge is -2.14. The summed E-state index contributed by atoms with van der Waals surface area (Å²) in [5.41, 5.74) is 1.90. The summed E-state index contributed by atoms with van der Waals surface area (Å²) in [6, 6.07) is 14.6. The number of halogens is 1. The van der Waals surface area contributed by atoms with E-state index in [1.807, 2.05) is 37.3 Å². The molecule has 0 unspecified atom stereocenters. The number of rotatable bonds is 7. The molecule has 0 bridgehead atoms. The van der Waals surface area contributed by atoms with Crippen molar-refractivity contribution in [3.05, 3.63) is 65.5 Å². The van der Waals surface area contributed by atoms with Crippen LogP contribution in [0.15, 0.2) is 48.5 Å². The molecule has 0 aliphatic rings. The van der Waals surface area contributed by atoms with Crippen molar-refractivity contribution in [2.75, 3.05) is 12.9 Å². The Bertz CT molecular complexity index is 649. The van der Waals surface area contributed by atoms with E-state index in [4.69, 9.17) is 4.74 Å². The lowest BCUT2D eigenvalue weighted by Crippen LogP contribution is -2.28. The summed E-state index contributed by atoms with van der Waals surface area (Å²) in [5.74, 6) is 0.736. The van der Waals surface area contributed by atoms with E-state index in [1.165, 1.54) is 24.9 Å². The summed E-state index contributed by atoms with van der Waals surface area (Å²) in [5, 5.41) is 2.96. The molecule has 0 saturated carbocycles. The number of carbonyl (C=O) groups excluding carboxylic acids is 1. The lowest BCUT2D eigenvalue weighted by molar-refractivity contribution is -0.119. The minimum absolute atomic E-state index is 0.0252. The van der Waals surface area contributed by atoms with E-state index in [0.717, 1.165) is 11.1 Å². The quantitative estimate of drug-likeness (QED) is 0.834. The molecule has 0 aliphatic heterocycles. The number of amides is 1.